The van der Waals surface area contributed by atoms with Crippen molar-refractivity contribution in [2.24, 2.45) is 5.92 Å². The molecule has 2 saturated heterocycles. The summed E-state index contributed by atoms with van der Waals surface area (Å²) in [5.41, 5.74) is 0. The van der Waals surface area contributed by atoms with Crippen molar-refractivity contribution in [3.05, 3.63) is 0 Å². The molecule has 0 aliphatic carbocycles. The Morgan fingerprint density at radius 1 is 1.00 bits per heavy atom. The number of hydrogen-bond acceptors (Lipinski definition) is 5. The number of Topliss-reactive ketones (excluding diaryl/α,β-unsaturated/α-hetero) is 1. The van der Waals surface area contributed by atoms with Gasteiger partial charge in [0.15, 0.2) is 22.4 Å². The number of hydrogen-bond donors (Lipinski definition) is 1. The molecule has 2 fully saturated rings. The van der Waals surface area contributed by atoms with Crippen LogP contribution in [0.1, 0.15) is 54.9 Å². The van der Waals surface area contributed by atoms with Crippen LogP contribution in [0.4, 0.5) is 0 Å². The molecule has 0 saturated carbocycles. The third-order valence-corrected chi connectivity index (χ3v) is 16.7. The number of nitrogens with one attached hydrogen (secondary N) is 1. The van der Waals surface area contributed by atoms with Crippen LogP contribution < -0.4 is 5.32 Å². The smallest absolute Gasteiger partial charge is 0.228 e. The van der Waals surface area contributed by atoms with Gasteiger partial charge in [-0.1, -0.05) is 41.5 Å². The van der Waals surface area contributed by atoms with Crippen LogP contribution in [0.15, 0.2) is 0 Å². The van der Waals surface area contributed by atoms with E-state index in [9.17, 15) is 9.59 Å². The fourth-order valence-electron chi connectivity index (χ4n) is 3.54. The van der Waals surface area contributed by atoms with E-state index in [-0.39, 0.29) is 39.8 Å². The summed E-state index contributed by atoms with van der Waals surface area (Å²) in [6, 6.07) is -0.351. The lowest BCUT2D eigenvalue weighted by Gasteiger charge is -2.48. The van der Waals surface area contributed by atoms with Crippen molar-refractivity contribution >= 4 is 28.3 Å². The highest BCUT2D eigenvalue weighted by Gasteiger charge is 2.54. The highest BCUT2D eigenvalue weighted by atomic mass is 28.4. The fourth-order valence-corrected chi connectivity index (χ4v) is 6.27. The first-order valence-corrected chi connectivity index (χ1v) is 17.0. The lowest BCUT2D eigenvalue weighted by Crippen LogP contribution is -2.71. The first-order chi connectivity index (χ1) is 13.4. The van der Waals surface area contributed by atoms with Gasteiger partial charge in [0, 0.05) is 6.42 Å². The largest absolute Gasteiger partial charge is 0.413 e. The van der Waals surface area contributed by atoms with E-state index in [4.69, 9.17) is 13.6 Å². The maximum absolute atomic E-state index is 13.3. The molecular formula is C22H43NO5Si2. The van der Waals surface area contributed by atoms with Crippen LogP contribution in [-0.4, -0.2) is 59.3 Å². The predicted octanol–water partition coefficient (Wildman–Crippen LogP) is 4.26. The lowest BCUT2D eigenvalue weighted by molar-refractivity contribution is -0.162. The molecule has 1 amide bonds. The first-order valence-electron chi connectivity index (χ1n) is 11.2. The van der Waals surface area contributed by atoms with Crippen molar-refractivity contribution in [3.8, 4) is 0 Å². The van der Waals surface area contributed by atoms with Crippen LogP contribution >= 0.6 is 0 Å². The zero-order valence-corrected chi connectivity index (χ0v) is 22.8. The number of carbonyl (C=O) groups excluding carboxylic acids is 2. The average Bonchev–Trinajstić information content (AvgIpc) is 2.51. The molecule has 174 valence electrons. The van der Waals surface area contributed by atoms with Gasteiger partial charge >= 0.3 is 0 Å². The van der Waals surface area contributed by atoms with Gasteiger partial charge in [-0.2, -0.15) is 0 Å². The Morgan fingerprint density at radius 2 is 1.53 bits per heavy atom. The third-order valence-electron chi connectivity index (χ3n) is 7.64. The van der Waals surface area contributed by atoms with E-state index in [1.165, 1.54) is 0 Å². The highest BCUT2D eigenvalue weighted by molar-refractivity contribution is 6.74. The average molecular weight is 458 g/mol. The molecule has 0 aromatic rings. The molecule has 6 nitrogen and oxygen atoms in total. The van der Waals surface area contributed by atoms with Gasteiger partial charge in [0.1, 0.15) is 12.2 Å². The van der Waals surface area contributed by atoms with E-state index >= 15 is 0 Å². The molecule has 8 heteroatoms. The maximum Gasteiger partial charge on any atom is 0.228 e. The Morgan fingerprint density at radius 3 is 2.00 bits per heavy atom. The molecule has 1 N–H and O–H groups in total. The van der Waals surface area contributed by atoms with Crippen LogP contribution in [-0.2, 0) is 23.2 Å². The van der Waals surface area contributed by atoms with Crippen molar-refractivity contribution in [1.29, 1.82) is 0 Å². The summed E-state index contributed by atoms with van der Waals surface area (Å²) in [5.74, 6) is -0.477. The normalized spacial score (nSPS) is 30.0. The second kappa shape index (κ2) is 8.42. The number of rotatable bonds is 6. The Labute approximate surface area is 185 Å². The van der Waals surface area contributed by atoms with Crippen molar-refractivity contribution < 1.29 is 23.2 Å². The van der Waals surface area contributed by atoms with Crippen molar-refractivity contribution in [2.75, 3.05) is 6.61 Å². The molecule has 5 atom stereocenters. The Bertz CT molecular complexity index is 665. The van der Waals surface area contributed by atoms with Gasteiger partial charge in [-0.15, -0.1) is 0 Å². The minimum atomic E-state index is -2.08. The van der Waals surface area contributed by atoms with Gasteiger partial charge in [0.2, 0.25) is 5.91 Å². The zero-order chi connectivity index (χ0) is 23.3. The summed E-state index contributed by atoms with van der Waals surface area (Å²) in [4.78, 5) is 25.7. The summed E-state index contributed by atoms with van der Waals surface area (Å²) in [7, 11) is -4.11. The fraction of sp³-hybridized carbons (Fsp3) is 0.909. The molecule has 2 heterocycles. The monoisotopic (exact) mass is 457 g/mol. The van der Waals surface area contributed by atoms with E-state index in [1.54, 1.807) is 0 Å². The highest BCUT2D eigenvalue weighted by Crippen LogP contribution is 2.41. The molecular weight excluding hydrogens is 414 g/mol. The summed E-state index contributed by atoms with van der Waals surface area (Å²) in [6.07, 6.45) is -0.813. The Kier molecular flexibility index (Phi) is 7.22. The van der Waals surface area contributed by atoms with E-state index in [1.807, 2.05) is 6.92 Å². The first kappa shape index (κ1) is 25.7. The van der Waals surface area contributed by atoms with Crippen LogP contribution in [0.2, 0.25) is 36.3 Å². The molecule has 0 aromatic carbocycles. The second-order valence-electron chi connectivity index (χ2n) is 12.0. The molecule has 0 aromatic heterocycles. The Hall–Kier alpha value is -0.546. The van der Waals surface area contributed by atoms with Gasteiger partial charge in [-0.3, -0.25) is 9.59 Å². The number of ketones is 1. The van der Waals surface area contributed by atoms with Crippen LogP contribution in [0.3, 0.4) is 0 Å². The number of β-lactam (4-membered cyclic amide) rings is 1. The quantitative estimate of drug-likeness (QED) is 0.476. The van der Waals surface area contributed by atoms with Crippen LogP contribution in [0.5, 0.6) is 0 Å². The zero-order valence-electron chi connectivity index (χ0n) is 20.8. The molecule has 2 rings (SSSR count). The van der Waals surface area contributed by atoms with Crippen LogP contribution in [0, 0.1) is 5.92 Å². The number of ether oxygens (including phenoxy) is 1. The molecule has 0 radical (unpaired) electrons. The molecule has 0 unspecified atom stereocenters. The molecule has 0 spiro atoms. The van der Waals surface area contributed by atoms with Crippen LogP contribution in [0.25, 0.3) is 0 Å². The number of amides is 1. The minimum absolute atomic E-state index is 0.0276. The van der Waals surface area contributed by atoms with E-state index < -0.39 is 28.8 Å². The van der Waals surface area contributed by atoms with Crippen molar-refractivity contribution in [1.82, 2.24) is 5.32 Å². The predicted molar refractivity (Wildman–Crippen MR) is 125 cm³/mol. The van der Waals surface area contributed by atoms with Gasteiger partial charge in [-0.25, -0.2) is 0 Å². The molecule has 0 bridgehead atoms. The van der Waals surface area contributed by atoms with Crippen molar-refractivity contribution in [2.45, 2.75) is 116 Å². The van der Waals surface area contributed by atoms with Crippen molar-refractivity contribution in [3.63, 3.8) is 0 Å². The lowest BCUT2D eigenvalue weighted by atomic mass is 9.80. The maximum atomic E-state index is 13.3. The summed E-state index contributed by atoms with van der Waals surface area (Å²) < 4.78 is 18.8. The third kappa shape index (κ3) is 5.09. The van der Waals surface area contributed by atoms with Gasteiger partial charge in [0.25, 0.3) is 0 Å². The van der Waals surface area contributed by atoms with Gasteiger partial charge < -0.3 is 18.9 Å². The SMILES string of the molecule is C[C@@H](O[Si](C)(C)C(C)(C)C)[C@H]1C(=O)N[C@@H]1[C@H]1OCC[C@H](O[Si](C)(C)C(C)(C)C)C1=O. The summed E-state index contributed by atoms with van der Waals surface area (Å²) >= 11 is 0. The number of carbonyl (C=O) groups is 2. The van der Waals surface area contributed by atoms with Gasteiger partial charge in [-0.05, 0) is 43.2 Å². The standard InChI is InChI=1S/C22H43NO5Si2/c1-14(27-29(8,9)21(2,3)4)16-17(23-20(16)25)19-18(24)15(12-13-26-19)28-30(10,11)22(5,6)7/h14-17,19H,12-13H2,1-11H3,(H,23,25)/t14-,15+,16-,17+,19-/m1/s1. The van der Waals surface area contributed by atoms with E-state index in [0.29, 0.717) is 13.0 Å². The summed E-state index contributed by atoms with van der Waals surface area (Å²) in [6.45, 7) is 24.2. The molecule has 30 heavy (non-hydrogen) atoms. The Balaban J connectivity index is 2.13. The minimum Gasteiger partial charge on any atom is -0.413 e. The second-order valence-corrected chi connectivity index (χ2v) is 21.5. The molecule has 2 aliphatic heterocycles. The summed E-state index contributed by atoms with van der Waals surface area (Å²) in [5, 5.41) is 3.00. The van der Waals surface area contributed by atoms with Gasteiger partial charge in [0.05, 0.1) is 24.7 Å². The van der Waals surface area contributed by atoms with E-state index in [2.05, 4.69) is 73.0 Å². The van der Waals surface area contributed by atoms with E-state index in [0.717, 1.165) is 0 Å². The topological polar surface area (TPSA) is 73.9 Å². The molecule has 2 aliphatic rings.